The highest BCUT2D eigenvalue weighted by Gasteiger charge is 2.42. The molecule has 0 amide bonds. The van der Waals surface area contributed by atoms with Crippen LogP contribution in [0.1, 0.15) is 10.9 Å². The van der Waals surface area contributed by atoms with Crippen molar-refractivity contribution in [3.8, 4) is 17.0 Å². The molecule has 1 aromatic carbocycles. The van der Waals surface area contributed by atoms with E-state index in [1.54, 1.807) is 13.3 Å². The zero-order valence-electron chi connectivity index (χ0n) is 14.6. The van der Waals surface area contributed by atoms with Crippen LogP contribution in [0.25, 0.3) is 11.1 Å². The SMILES string of the molecule is COc1c(-c2ccccc2)c(=O)n2c([n+]1C)N(C)CC2c1cnc(Cl)s1. The van der Waals surface area contributed by atoms with Crippen molar-refractivity contribution in [2.24, 2.45) is 7.05 Å². The average Bonchev–Trinajstić information content (AvgIpc) is 3.22. The lowest BCUT2D eigenvalue weighted by Gasteiger charge is -2.14. The number of aromatic nitrogens is 3. The first-order valence-electron chi connectivity index (χ1n) is 8.13. The lowest BCUT2D eigenvalue weighted by Crippen LogP contribution is -2.43. The van der Waals surface area contributed by atoms with Crippen molar-refractivity contribution < 1.29 is 9.30 Å². The fourth-order valence-electron chi connectivity index (χ4n) is 3.59. The Morgan fingerprint density at radius 3 is 2.69 bits per heavy atom. The molecule has 0 saturated carbocycles. The van der Waals surface area contributed by atoms with Crippen LogP contribution < -0.4 is 19.8 Å². The van der Waals surface area contributed by atoms with Crippen molar-refractivity contribution in [3.05, 3.63) is 56.2 Å². The molecule has 1 aliphatic heterocycles. The van der Waals surface area contributed by atoms with Gasteiger partial charge in [0.15, 0.2) is 10.5 Å². The standard InChI is InChI=1S/C18H18ClN4O2S/c1-21-10-12(13-9-20-17(19)26-13)23-15(24)14(11-7-5-4-6-8-11)16(25-3)22(2)18(21)23/h4-9,12H,10H2,1-3H3/q+1. The van der Waals surface area contributed by atoms with Crippen LogP contribution in [-0.2, 0) is 7.05 Å². The number of hydrogen-bond donors (Lipinski definition) is 0. The summed E-state index contributed by atoms with van der Waals surface area (Å²) < 4.78 is 9.84. The van der Waals surface area contributed by atoms with Gasteiger partial charge in [-0.1, -0.05) is 41.9 Å². The average molecular weight is 390 g/mol. The number of rotatable bonds is 3. The zero-order chi connectivity index (χ0) is 18.4. The maximum absolute atomic E-state index is 13.5. The number of thiazole rings is 1. The van der Waals surface area contributed by atoms with Gasteiger partial charge in [-0.2, -0.15) is 4.57 Å². The van der Waals surface area contributed by atoms with Crippen LogP contribution in [0.15, 0.2) is 41.3 Å². The molecule has 0 fully saturated rings. The van der Waals surface area contributed by atoms with Gasteiger partial charge >= 0.3 is 11.5 Å². The van der Waals surface area contributed by atoms with E-state index in [1.807, 2.05) is 53.6 Å². The number of anilines is 1. The summed E-state index contributed by atoms with van der Waals surface area (Å²) in [5.74, 6) is 1.34. The molecule has 134 valence electrons. The largest absolute Gasteiger partial charge is 0.471 e. The van der Waals surface area contributed by atoms with E-state index in [9.17, 15) is 4.79 Å². The first-order valence-corrected chi connectivity index (χ1v) is 9.32. The van der Waals surface area contributed by atoms with Crippen molar-refractivity contribution in [1.29, 1.82) is 0 Å². The van der Waals surface area contributed by atoms with Gasteiger partial charge < -0.3 is 4.74 Å². The normalized spacial score (nSPS) is 16.0. The molecule has 2 aromatic heterocycles. The Balaban J connectivity index is 2.03. The second-order valence-electron chi connectivity index (χ2n) is 6.20. The molecule has 3 heterocycles. The predicted molar refractivity (Wildman–Crippen MR) is 102 cm³/mol. The topological polar surface area (TPSA) is 51.2 Å². The number of likely N-dealkylation sites (N-methyl/N-ethyl adjacent to an activating group) is 1. The van der Waals surface area contributed by atoms with Crippen LogP contribution in [0.3, 0.4) is 0 Å². The molecule has 4 rings (SSSR count). The van der Waals surface area contributed by atoms with Crippen LogP contribution in [0.5, 0.6) is 5.88 Å². The molecular weight excluding hydrogens is 372 g/mol. The van der Waals surface area contributed by atoms with Crippen molar-refractivity contribution in [1.82, 2.24) is 9.55 Å². The lowest BCUT2D eigenvalue weighted by atomic mass is 10.1. The molecule has 1 atom stereocenters. The van der Waals surface area contributed by atoms with Crippen LogP contribution in [-0.4, -0.2) is 30.3 Å². The highest BCUT2D eigenvalue weighted by atomic mass is 35.5. The summed E-state index contributed by atoms with van der Waals surface area (Å²) >= 11 is 7.43. The molecule has 3 aromatic rings. The van der Waals surface area contributed by atoms with Crippen molar-refractivity contribution in [3.63, 3.8) is 0 Å². The molecule has 0 aliphatic carbocycles. The molecular formula is C18H18ClN4O2S+. The van der Waals surface area contributed by atoms with Gasteiger partial charge in [-0.05, 0) is 5.56 Å². The van der Waals surface area contributed by atoms with E-state index in [1.165, 1.54) is 11.3 Å². The van der Waals surface area contributed by atoms with Gasteiger partial charge in [-0.15, -0.1) is 11.3 Å². The molecule has 6 nitrogen and oxygen atoms in total. The molecule has 0 radical (unpaired) electrons. The molecule has 1 aliphatic rings. The third-order valence-corrected chi connectivity index (χ3v) is 5.86. The number of benzene rings is 1. The van der Waals surface area contributed by atoms with Gasteiger partial charge in [-0.25, -0.2) is 14.3 Å². The third-order valence-electron chi connectivity index (χ3n) is 4.65. The van der Waals surface area contributed by atoms with E-state index < -0.39 is 0 Å². The Morgan fingerprint density at radius 2 is 2.08 bits per heavy atom. The van der Waals surface area contributed by atoms with E-state index in [4.69, 9.17) is 16.3 Å². The maximum atomic E-state index is 13.5. The molecule has 0 spiro atoms. The Hall–Kier alpha value is -2.38. The van der Waals surface area contributed by atoms with Crippen molar-refractivity contribution in [2.45, 2.75) is 6.04 Å². The monoisotopic (exact) mass is 389 g/mol. The second-order valence-corrected chi connectivity index (χ2v) is 7.84. The molecule has 0 N–H and O–H groups in total. The number of halogens is 1. The Bertz CT molecular complexity index is 1030. The molecule has 0 bridgehead atoms. The minimum atomic E-state index is -0.132. The Labute approximate surface area is 159 Å². The first-order chi connectivity index (χ1) is 12.5. The van der Waals surface area contributed by atoms with Gasteiger partial charge in [-0.3, -0.25) is 4.90 Å². The Morgan fingerprint density at radius 1 is 1.35 bits per heavy atom. The highest BCUT2D eigenvalue weighted by molar-refractivity contribution is 7.15. The van der Waals surface area contributed by atoms with E-state index in [2.05, 4.69) is 9.88 Å². The van der Waals surface area contributed by atoms with E-state index in [-0.39, 0.29) is 11.6 Å². The fourth-order valence-corrected chi connectivity index (χ4v) is 4.63. The fraction of sp³-hybridized carbons (Fsp3) is 0.278. The zero-order valence-corrected chi connectivity index (χ0v) is 16.2. The van der Waals surface area contributed by atoms with Gasteiger partial charge in [0.25, 0.3) is 5.88 Å². The predicted octanol–water partition coefficient (Wildman–Crippen LogP) is 2.50. The van der Waals surface area contributed by atoms with E-state index in [0.29, 0.717) is 22.5 Å². The quantitative estimate of drug-likeness (QED) is 0.646. The third kappa shape index (κ3) is 2.50. The number of fused-ring (bicyclic) bond motifs is 1. The summed E-state index contributed by atoms with van der Waals surface area (Å²) in [6, 6.07) is 9.47. The number of nitrogens with zero attached hydrogens (tertiary/aromatic N) is 4. The summed E-state index contributed by atoms with van der Waals surface area (Å²) in [4.78, 5) is 20.7. The maximum Gasteiger partial charge on any atom is 0.365 e. The van der Waals surface area contributed by atoms with Crippen LogP contribution >= 0.6 is 22.9 Å². The number of hydrogen-bond acceptors (Lipinski definition) is 5. The summed E-state index contributed by atoms with van der Waals surface area (Å²) in [5, 5.41) is 0. The van der Waals surface area contributed by atoms with E-state index in [0.717, 1.165) is 16.4 Å². The smallest absolute Gasteiger partial charge is 0.365 e. The van der Waals surface area contributed by atoms with Crippen LogP contribution in [0.4, 0.5) is 5.95 Å². The lowest BCUT2D eigenvalue weighted by molar-refractivity contribution is -0.666. The second kappa shape index (κ2) is 6.41. The number of ether oxygens (including phenoxy) is 1. The van der Waals surface area contributed by atoms with Gasteiger partial charge in [0, 0.05) is 6.20 Å². The first kappa shape index (κ1) is 17.1. The molecule has 26 heavy (non-hydrogen) atoms. The van der Waals surface area contributed by atoms with Gasteiger partial charge in [0.05, 0.1) is 26.1 Å². The van der Waals surface area contributed by atoms with Crippen LogP contribution in [0.2, 0.25) is 4.47 Å². The van der Waals surface area contributed by atoms with Crippen molar-refractivity contribution in [2.75, 3.05) is 25.6 Å². The molecule has 0 saturated heterocycles. The minimum Gasteiger partial charge on any atom is -0.471 e. The van der Waals surface area contributed by atoms with Gasteiger partial charge in [0.2, 0.25) is 0 Å². The molecule has 8 heteroatoms. The van der Waals surface area contributed by atoms with Crippen molar-refractivity contribution >= 4 is 28.9 Å². The summed E-state index contributed by atoms with van der Waals surface area (Å²) in [6.07, 6.45) is 1.75. The highest BCUT2D eigenvalue weighted by Crippen LogP contribution is 2.35. The molecule has 1 unspecified atom stereocenters. The van der Waals surface area contributed by atoms with Crippen LogP contribution in [0, 0.1) is 0 Å². The number of methoxy groups -OCH3 is 1. The minimum absolute atomic E-state index is 0.0833. The Kier molecular flexibility index (Phi) is 4.20. The van der Waals surface area contributed by atoms with E-state index >= 15 is 0 Å². The summed E-state index contributed by atoms with van der Waals surface area (Å²) in [7, 11) is 5.47. The van der Waals surface area contributed by atoms with Gasteiger partial charge in [0.1, 0.15) is 12.1 Å². The summed E-state index contributed by atoms with van der Waals surface area (Å²) in [5.41, 5.74) is 1.30. The summed E-state index contributed by atoms with van der Waals surface area (Å²) in [6.45, 7) is 0.670.